The number of hydrogen-bond acceptors (Lipinski definition) is 4. The first-order valence-corrected chi connectivity index (χ1v) is 6.23. The molecule has 0 amide bonds. The lowest BCUT2D eigenvalue weighted by atomic mass is 10.2. The van der Waals surface area contributed by atoms with Crippen LogP contribution < -0.4 is 10.5 Å². The minimum absolute atomic E-state index is 0.0977. The van der Waals surface area contributed by atoms with Crippen LogP contribution in [-0.4, -0.2) is 22.6 Å². The zero-order chi connectivity index (χ0) is 13.7. The molecule has 5 heteroatoms. The van der Waals surface area contributed by atoms with E-state index >= 15 is 0 Å². The largest absolute Gasteiger partial charge is 0.351 e. The minimum atomic E-state index is -0.126. The number of hydrogen-bond donors (Lipinski definition) is 0. The first kappa shape index (κ1) is 14.2. The third-order valence-electron chi connectivity index (χ3n) is 2.80. The average molecular weight is 248 g/mol. The minimum Gasteiger partial charge on any atom is -0.351 e. The van der Waals surface area contributed by atoms with Crippen molar-refractivity contribution in [3.05, 3.63) is 22.7 Å². The molecule has 0 fully saturated rings. The molecule has 0 N–H and O–H groups in total. The van der Waals surface area contributed by atoms with Crippen LogP contribution in [0.5, 0.6) is 0 Å². The summed E-state index contributed by atoms with van der Waals surface area (Å²) in [5.41, 5.74) is -0.0977. The molecule has 1 unspecified atom stereocenters. The summed E-state index contributed by atoms with van der Waals surface area (Å²) in [7, 11) is 0. The van der Waals surface area contributed by atoms with Crippen LogP contribution in [0, 0.1) is 17.2 Å². The fraction of sp³-hybridized carbons (Fsp3) is 0.615. The van der Waals surface area contributed by atoms with Gasteiger partial charge in [0, 0.05) is 31.5 Å². The summed E-state index contributed by atoms with van der Waals surface area (Å²) in [6.07, 6.45) is 3.33. The van der Waals surface area contributed by atoms with Crippen LogP contribution in [0.15, 0.2) is 17.2 Å². The van der Waals surface area contributed by atoms with E-state index < -0.39 is 0 Å². The van der Waals surface area contributed by atoms with Crippen LogP contribution in [-0.2, 0) is 0 Å². The van der Waals surface area contributed by atoms with Crippen LogP contribution in [0.4, 0.5) is 5.82 Å². The first-order chi connectivity index (χ1) is 8.51. The fourth-order valence-corrected chi connectivity index (χ4v) is 1.77. The van der Waals surface area contributed by atoms with E-state index in [0.29, 0.717) is 18.9 Å². The van der Waals surface area contributed by atoms with Crippen LogP contribution >= 0.6 is 0 Å². The number of anilines is 1. The van der Waals surface area contributed by atoms with Gasteiger partial charge in [-0.25, -0.2) is 4.98 Å². The second-order valence-corrected chi connectivity index (χ2v) is 4.63. The van der Waals surface area contributed by atoms with Gasteiger partial charge in [0.15, 0.2) is 5.82 Å². The van der Waals surface area contributed by atoms with E-state index in [0.717, 1.165) is 0 Å². The molecule has 1 rings (SSSR count). The second-order valence-electron chi connectivity index (χ2n) is 4.63. The predicted octanol–water partition coefficient (Wildman–Crippen LogP) is 1.81. The van der Waals surface area contributed by atoms with E-state index in [2.05, 4.69) is 11.1 Å². The molecule has 0 aliphatic rings. The Morgan fingerprint density at radius 2 is 2.17 bits per heavy atom. The van der Waals surface area contributed by atoms with Gasteiger partial charge in [0.05, 0.1) is 12.0 Å². The summed E-state index contributed by atoms with van der Waals surface area (Å²) in [5, 5.41) is 8.86. The molecule has 18 heavy (non-hydrogen) atoms. The zero-order valence-corrected chi connectivity index (χ0v) is 11.4. The van der Waals surface area contributed by atoms with Gasteiger partial charge >= 0.3 is 0 Å². The molecular formula is C13H20N4O. The molecule has 5 nitrogen and oxygen atoms in total. The van der Waals surface area contributed by atoms with Gasteiger partial charge in [-0.05, 0) is 27.7 Å². The van der Waals surface area contributed by atoms with Crippen molar-refractivity contribution in [2.45, 2.75) is 33.7 Å². The standard InChI is InChI=1S/C13H20N4O/c1-5-16(9-11(4)8-14)12-13(18)17(10(2)3)7-6-15-12/h6-7,10-11H,5,9H2,1-4H3. The molecule has 0 bridgehead atoms. The van der Waals surface area contributed by atoms with E-state index in [1.165, 1.54) is 0 Å². The lowest BCUT2D eigenvalue weighted by Crippen LogP contribution is -2.36. The van der Waals surface area contributed by atoms with E-state index in [-0.39, 0.29) is 17.5 Å². The topological polar surface area (TPSA) is 61.9 Å². The Morgan fingerprint density at radius 3 is 2.67 bits per heavy atom. The first-order valence-electron chi connectivity index (χ1n) is 6.23. The lowest BCUT2D eigenvalue weighted by Gasteiger charge is -2.23. The van der Waals surface area contributed by atoms with Gasteiger partial charge in [-0.15, -0.1) is 0 Å². The highest BCUT2D eigenvalue weighted by molar-refractivity contribution is 5.35. The number of rotatable bonds is 5. The molecule has 0 spiro atoms. The summed E-state index contributed by atoms with van der Waals surface area (Å²) >= 11 is 0. The molecule has 1 atom stereocenters. The van der Waals surface area contributed by atoms with Crippen LogP contribution in [0.2, 0.25) is 0 Å². The summed E-state index contributed by atoms with van der Waals surface area (Å²) in [6.45, 7) is 8.90. The summed E-state index contributed by atoms with van der Waals surface area (Å²) in [4.78, 5) is 18.3. The maximum Gasteiger partial charge on any atom is 0.293 e. The van der Waals surface area contributed by atoms with Crippen LogP contribution in [0.3, 0.4) is 0 Å². The van der Waals surface area contributed by atoms with Gasteiger partial charge < -0.3 is 9.47 Å². The average Bonchev–Trinajstić information content (AvgIpc) is 2.35. The molecule has 1 aromatic rings. The Balaban J connectivity index is 3.11. The van der Waals surface area contributed by atoms with Gasteiger partial charge in [-0.2, -0.15) is 5.26 Å². The molecule has 0 aliphatic heterocycles. The van der Waals surface area contributed by atoms with Crippen molar-refractivity contribution in [1.82, 2.24) is 9.55 Å². The zero-order valence-electron chi connectivity index (χ0n) is 11.4. The SMILES string of the molecule is CCN(CC(C)C#N)c1nccn(C(C)C)c1=O. The third-order valence-corrected chi connectivity index (χ3v) is 2.80. The smallest absolute Gasteiger partial charge is 0.293 e. The summed E-state index contributed by atoms with van der Waals surface area (Å²) < 4.78 is 1.65. The predicted molar refractivity (Wildman–Crippen MR) is 71.5 cm³/mol. The van der Waals surface area contributed by atoms with Crippen molar-refractivity contribution in [2.75, 3.05) is 18.0 Å². The molecule has 1 heterocycles. The Bertz CT molecular complexity index is 486. The molecule has 1 aromatic heterocycles. The normalized spacial score (nSPS) is 12.2. The van der Waals surface area contributed by atoms with Crippen LogP contribution in [0.1, 0.15) is 33.7 Å². The molecule has 0 radical (unpaired) electrons. The van der Waals surface area contributed by atoms with Crippen molar-refractivity contribution in [1.29, 1.82) is 5.26 Å². The van der Waals surface area contributed by atoms with Gasteiger partial charge in [0.25, 0.3) is 5.56 Å². The van der Waals surface area contributed by atoms with Gasteiger partial charge in [-0.3, -0.25) is 4.79 Å². The molecule has 0 aromatic carbocycles. The Morgan fingerprint density at radius 1 is 1.50 bits per heavy atom. The maximum atomic E-state index is 12.3. The number of aromatic nitrogens is 2. The van der Waals surface area contributed by atoms with E-state index in [1.54, 1.807) is 17.0 Å². The number of nitrogens with zero attached hydrogens (tertiary/aromatic N) is 4. The molecule has 0 saturated carbocycles. The fourth-order valence-electron chi connectivity index (χ4n) is 1.77. The Labute approximate surface area is 108 Å². The maximum absolute atomic E-state index is 12.3. The van der Waals surface area contributed by atoms with Gasteiger partial charge in [0.2, 0.25) is 0 Å². The highest BCUT2D eigenvalue weighted by Gasteiger charge is 2.15. The number of nitriles is 1. The van der Waals surface area contributed by atoms with Crippen molar-refractivity contribution >= 4 is 5.82 Å². The second kappa shape index (κ2) is 6.20. The molecule has 0 saturated heterocycles. The lowest BCUT2D eigenvalue weighted by molar-refractivity contribution is 0.568. The molecular weight excluding hydrogens is 228 g/mol. The third kappa shape index (κ3) is 3.10. The Kier molecular flexibility index (Phi) is 4.90. The highest BCUT2D eigenvalue weighted by Crippen LogP contribution is 2.08. The Hall–Kier alpha value is -1.83. The van der Waals surface area contributed by atoms with E-state index in [9.17, 15) is 4.79 Å². The summed E-state index contributed by atoms with van der Waals surface area (Å²) in [5.74, 6) is 0.301. The highest BCUT2D eigenvalue weighted by atomic mass is 16.1. The van der Waals surface area contributed by atoms with Crippen molar-refractivity contribution < 1.29 is 0 Å². The van der Waals surface area contributed by atoms with E-state index in [4.69, 9.17) is 5.26 Å². The van der Waals surface area contributed by atoms with E-state index in [1.807, 2.05) is 32.6 Å². The molecule has 0 aliphatic carbocycles. The van der Waals surface area contributed by atoms with Crippen molar-refractivity contribution in [3.8, 4) is 6.07 Å². The van der Waals surface area contributed by atoms with Gasteiger partial charge in [-0.1, -0.05) is 0 Å². The molecule has 98 valence electrons. The summed E-state index contributed by atoms with van der Waals surface area (Å²) in [6, 6.07) is 2.28. The quantitative estimate of drug-likeness (QED) is 0.797. The van der Waals surface area contributed by atoms with Gasteiger partial charge in [0.1, 0.15) is 0 Å². The van der Waals surface area contributed by atoms with Crippen LogP contribution in [0.25, 0.3) is 0 Å². The van der Waals surface area contributed by atoms with Crippen molar-refractivity contribution in [2.24, 2.45) is 5.92 Å². The van der Waals surface area contributed by atoms with Crippen molar-refractivity contribution in [3.63, 3.8) is 0 Å². The monoisotopic (exact) mass is 248 g/mol.